The van der Waals surface area contributed by atoms with E-state index in [1.807, 2.05) is 0 Å². The van der Waals surface area contributed by atoms with E-state index in [1.54, 1.807) is 12.1 Å². The van der Waals surface area contributed by atoms with E-state index in [9.17, 15) is 14.5 Å². The fourth-order valence-electron chi connectivity index (χ4n) is 1.54. The van der Waals surface area contributed by atoms with Crippen LogP contribution in [0.5, 0.6) is 5.75 Å². The molecule has 2 rings (SSSR count). The molecule has 0 spiro atoms. The van der Waals surface area contributed by atoms with Crippen molar-refractivity contribution in [3.63, 3.8) is 0 Å². The average Bonchev–Trinajstić information content (AvgIpc) is 2.41. The van der Waals surface area contributed by atoms with Crippen molar-refractivity contribution in [2.75, 3.05) is 0 Å². The molecule has 0 fully saturated rings. The van der Waals surface area contributed by atoms with E-state index in [2.05, 4.69) is 15.9 Å². The SMILES string of the molecule is O=[N+]([O-])c1ccc(OCc2cccc(F)c2Br)c(Cl)c1. The van der Waals surface area contributed by atoms with Gasteiger partial charge in [-0.3, -0.25) is 10.1 Å². The summed E-state index contributed by atoms with van der Waals surface area (Å²) in [6, 6.07) is 8.50. The molecule has 104 valence electrons. The normalized spacial score (nSPS) is 10.3. The number of hydrogen-bond acceptors (Lipinski definition) is 3. The van der Waals surface area contributed by atoms with Crippen LogP contribution >= 0.6 is 27.5 Å². The maximum absolute atomic E-state index is 13.3. The number of nitrogens with zero attached hydrogens (tertiary/aromatic N) is 1. The molecule has 0 N–H and O–H groups in total. The van der Waals surface area contributed by atoms with Gasteiger partial charge in [0, 0.05) is 17.7 Å². The third kappa shape index (κ3) is 3.26. The summed E-state index contributed by atoms with van der Waals surface area (Å²) in [7, 11) is 0. The zero-order valence-electron chi connectivity index (χ0n) is 9.98. The second-order valence-corrected chi connectivity index (χ2v) is 5.07. The molecule has 20 heavy (non-hydrogen) atoms. The summed E-state index contributed by atoms with van der Waals surface area (Å²) in [5.41, 5.74) is 0.494. The summed E-state index contributed by atoms with van der Waals surface area (Å²) >= 11 is 9.02. The van der Waals surface area contributed by atoms with Crippen molar-refractivity contribution in [1.29, 1.82) is 0 Å². The van der Waals surface area contributed by atoms with E-state index in [0.29, 0.717) is 15.8 Å². The molecule has 0 aliphatic heterocycles. The first-order chi connectivity index (χ1) is 9.49. The van der Waals surface area contributed by atoms with Crippen molar-refractivity contribution >= 4 is 33.2 Å². The van der Waals surface area contributed by atoms with E-state index >= 15 is 0 Å². The number of rotatable bonds is 4. The largest absolute Gasteiger partial charge is 0.487 e. The van der Waals surface area contributed by atoms with Crippen LogP contribution in [0.1, 0.15) is 5.56 Å². The standard InChI is InChI=1S/C13H8BrClFNO3/c14-13-8(2-1-3-11(13)16)7-20-12-5-4-9(17(18)19)6-10(12)15/h1-6H,7H2. The Kier molecular flexibility index (Phi) is 4.57. The summed E-state index contributed by atoms with van der Waals surface area (Å²) < 4.78 is 19.1. The Morgan fingerprint density at radius 1 is 1.35 bits per heavy atom. The van der Waals surface area contributed by atoms with Gasteiger partial charge >= 0.3 is 0 Å². The summed E-state index contributed by atoms with van der Waals surface area (Å²) in [5.74, 6) is -0.0886. The number of nitro benzene ring substituents is 1. The lowest BCUT2D eigenvalue weighted by Crippen LogP contribution is -1.98. The van der Waals surface area contributed by atoms with Gasteiger partial charge in [0.1, 0.15) is 18.2 Å². The van der Waals surface area contributed by atoms with E-state index in [4.69, 9.17) is 16.3 Å². The Morgan fingerprint density at radius 3 is 2.75 bits per heavy atom. The third-order valence-corrected chi connectivity index (χ3v) is 3.72. The molecule has 7 heteroatoms. The number of hydrogen-bond donors (Lipinski definition) is 0. The molecular weight excluding hydrogens is 353 g/mol. The van der Waals surface area contributed by atoms with Crippen LogP contribution in [-0.2, 0) is 6.61 Å². The summed E-state index contributed by atoms with van der Waals surface area (Å²) in [5, 5.41) is 10.7. The summed E-state index contributed by atoms with van der Waals surface area (Å²) in [4.78, 5) is 10.0. The highest BCUT2D eigenvalue weighted by Crippen LogP contribution is 2.30. The van der Waals surface area contributed by atoms with Gasteiger partial charge in [0.2, 0.25) is 0 Å². The molecule has 0 aliphatic carbocycles. The number of ether oxygens (including phenoxy) is 1. The number of non-ortho nitro benzene ring substituents is 1. The molecule has 0 aliphatic rings. The maximum Gasteiger partial charge on any atom is 0.271 e. The van der Waals surface area contributed by atoms with Gasteiger partial charge in [-0.2, -0.15) is 0 Å². The number of nitro groups is 1. The quantitative estimate of drug-likeness (QED) is 0.585. The van der Waals surface area contributed by atoms with Gasteiger partial charge in [0.25, 0.3) is 5.69 Å². The smallest absolute Gasteiger partial charge is 0.271 e. The van der Waals surface area contributed by atoms with Gasteiger partial charge in [-0.1, -0.05) is 23.7 Å². The van der Waals surface area contributed by atoms with Crippen molar-refractivity contribution in [3.05, 3.63) is 67.4 Å². The fraction of sp³-hybridized carbons (Fsp3) is 0.0769. The van der Waals surface area contributed by atoms with Crippen molar-refractivity contribution in [2.45, 2.75) is 6.61 Å². The Hall–Kier alpha value is -1.66. The molecule has 0 unspecified atom stereocenters. The molecule has 2 aromatic rings. The van der Waals surface area contributed by atoms with E-state index in [-0.39, 0.29) is 23.1 Å². The highest BCUT2D eigenvalue weighted by Gasteiger charge is 2.11. The highest BCUT2D eigenvalue weighted by atomic mass is 79.9. The lowest BCUT2D eigenvalue weighted by Gasteiger charge is -2.09. The lowest BCUT2D eigenvalue weighted by atomic mass is 10.2. The minimum Gasteiger partial charge on any atom is -0.487 e. The van der Waals surface area contributed by atoms with Crippen LogP contribution < -0.4 is 4.74 Å². The lowest BCUT2D eigenvalue weighted by molar-refractivity contribution is -0.384. The van der Waals surface area contributed by atoms with Gasteiger partial charge in [-0.05, 0) is 28.1 Å². The molecule has 0 saturated heterocycles. The predicted octanol–water partition coefficient (Wildman–Crippen LogP) is 4.73. The molecule has 2 aromatic carbocycles. The predicted molar refractivity (Wildman–Crippen MR) is 76.5 cm³/mol. The fourth-order valence-corrected chi connectivity index (χ4v) is 2.14. The van der Waals surface area contributed by atoms with Crippen LogP contribution in [-0.4, -0.2) is 4.92 Å². The Morgan fingerprint density at radius 2 is 2.10 bits per heavy atom. The minimum atomic E-state index is -0.543. The van der Waals surface area contributed by atoms with Gasteiger partial charge in [-0.15, -0.1) is 0 Å². The van der Waals surface area contributed by atoms with Crippen LogP contribution in [0.4, 0.5) is 10.1 Å². The number of benzene rings is 2. The van der Waals surface area contributed by atoms with E-state index in [0.717, 1.165) is 0 Å². The molecule has 4 nitrogen and oxygen atoms in total. The van der Waals surface area contributed by atoms with Crippen LogP contribution in [0.2, 0.25) is 5.02 Å². The molecule has 0 radical (unpaired) electrons. The highest BCUT2D eigenvalue weighted by molar-refractivity contribution is 9.10. The van der Waals surface area contributed by atoms with Crippen LogP contribution in [0, 0.1) is 15.9 Å². The van der Waals surface area contributed by atoms with Gasteiger partial charge in [-0.25, -0.2) is 4.39 Å². The zero-order chi connectivity index (χ0) is 14.7. The van der Waals surface area contributed by atoms with Crippen LogP contribution in [0.15, 0.2) is 40.9 Å². The van der Waals surface area contributed by atoms with E-state index < -0.39 is 4.92 Å². The first-order valence-electron chi connectivity index (χ1n) is 5.48. The Balaban J connectivity index is 2.15. The molecule has 0 amide bonds. The number of halogens is 3. The molecule has 0 bridgehead atoms. The molecule has 0 saturated carbocycles. The first kappa shape index (κ1) is 14.7. The maximum atomic E-state index is 13.3. The topological polar surface area (TPSA) is 52.4 Å². The van der Waals surface area contributed by atoms with Crippen molar-refractivity contribution in [2.24, 2.45) is 0 Å². The summed E-state index contributed by atoms with van der Waals surface area (Å²) in [6.07, 6.45) is 0. The zero-order valence-corrected chi connectivity index (χ0v) is 12.3. The average molecular weight is 361 g/mol. The van der Waals surface area contributed by atoms with Crippen molar-refractivity contribution in [1.82, 2.24) is 0 Å². The van der Waals surface area contributed by atoms with Gasteiger partial charge in [0.05, 0.1) is 14.4 Å². The monoisotopic (exact) mass is 359 g/mol. The minimum absolute atomic E-state index is 0.0931. The third-order valence-electron chi connectivity index (χ3n) is 2.54. The second-order valence-electron chi connectivity index (χ2n) is 3.87. The van der Waals surface area contributed by atoms with Gasteiger partial charge in [0.15, 0.2) is 0 Å². The Labute approximate surface area is 127 Å². The summed E-state index contributed by atoms with van der Waals surface area (Å²) in [6.45, 7) is 0.0931. The van der Waals surface area contributed by atoms with E-state index in [1.165, 1.54) is 24.3 Å². The first-order valence-corrected chi connectivity index (χ1v) is 6.66. The molecule has 0 aromatic heterocycles. The molecule has 0 atom stereocenters. The molecule has 0 heterocycles. The molecular formula is C13H8BrClFNO3. The second kappa shape index (κ2) is 6.19. The van der Waals surface area contributed by atoms with Crippen LogP contribution in [0.3, 0.4) is 0 Å². The van der Waals surface area contributed by atoms with Crippen LogP contribution in [0.25, 0.3) is 0 Å². The van der Waals surface area contributed by atoms with Crippen molar-refractivity contribution in [3.8, 4) is 5.75 Å². The van der Waals surface area contributed by atoms with Gasteiger partial charge < -0.3 is 4.74 Å². The Bertz CT molecular complexity index is 666. The van der Waals surface area contributed by atoms with Crippen molar-refractivity contribution < 1.29 is 14.1 Å².